The minimum absolute atomic E-state index is 0.0684. The molecule has 0 saturated heterocycles. The first kappa shape index (κ1) is 14.1. The number of nitrogens with one attached hydrogen (secondary N) is 1. The fourth-order valence-electron chi connectivity index (χ4n) is 2.68. The summed E-state index contributed by atoms with van der Waals surface area (Å²) in [6.07, 6.45) is 7.15. The number of benzene rings is 2. The molecule has 1 heterocycles. The zero-order chi connectivity index (χ0) is 15.4. The average Bonchev–Trinajstić information content (AvgIpc) is 3.00. The first-order chi connectivity index (χ1) is 10.8. The number of terminal acetylenes is 1. The van der Waals surface area contributed by atoms with E-state index in [4.69, 9.17) is 6.42 Å². The van der Waals surface area contributed by atoms with Gasteiger partial charge >= 0.3 is 0 Å². The number of aromatic amines is 1. The van der Waals surface area contributed by atoms with Gasteiger partial charge in [-0.2, -0.15) is 0 Å². The van der Waals surface area contributed by atoms with Crippen LogP contribution in [0.2, 0.25) is 0 Å². The van der Waals surface area contributed by atoms with Gasteiger partial charge in [-0.3, -0.25) is 4.79 Å². The number of hydrogen-bond acceptors (Lipinski definition) is 1. The molecule has 2 aromatic carbocycles. The minimum Gasteiger partial charge on any atom is -0.360 e. The van der Waals surface area contributed by atoms with E-state index in [0.29, 0.717) is 12.1 Å². The highest BCUT2D eigenvalue weighted by Gasteiger charge is 2.26. The molecule has 0 bridgehead atoms. The lowest BCUT2D eigenvalue weighted by Crippen LogP contribution is -2.86. The molecule has 0 unspecified atom stereocenters. The van der Waals surface area contributed by atoms with Crippen LogP contribution < -0.4 is 5.32 Å². The van der Waals surface area contributed by atoms with Crippen molar-refractivity contribution >= 4 is 16.7 Å². The lowest BCUT2D eigenvalue weighted by molar-refractivity contribution is -0.671. The molecule has 0 saturated carbocycles. The van der Waals surface area contributed by atoms with Gasteiger partial charge in [-0.15, -0.1) is 6.42 Å². The molecule has 1 aromatic heterocycles. The molecule has 3 aromatic rings. The van der Waals surface area contributed by atoms with E-state index >= 15 is 0 Å². The predicted octanol–water partition coefficient (Wildman–Crippen LogP) is 2.29. The molecule has 0 fully saturated rings. The smallest absolute Gasteiger partial charge is 0.226 e. The van der Waals surface area contributed by atoms with Crippen LogP contribution in [-0.2, 0) is 0 Å². The van der Waals surface area contributed by atoms with E-state index in [1.165, 1.54) is 0 Å². The Morgan fingerprint density at radius 2 is 1.86 bits per heavy atom. The number of carbonyl (C=O) groups is 1. The Kier molecular flexibility index (Phi) is 4.04. The van der Waals surface area contributed by atoms with Crippen LogP contribution in [0.3, 0.4) is 0 Å². The Balaban J connectivity index is 2.00. The molecular formula is C19H17N2O+. The topological polar surface area (TPSA) is 49.5 Å². The van der Waals surface area contributed by atoms with Crippen molar-refractivity contribution in [2.24, 2.45) is 0 Å². The summed E-state index contributed by atoms with van der Waals surface area (Å²) >= 11 is 0. The second kappa shape index (κ2) is 6.30. The van der Waals surface area contributed by atoms with Crippen molar-refractivity contribution in [1.29, 1.82) is 0 Å². The second-order valence-electron chi connectivity index (χ2n) is 5.14. The van der Waals surface area contributed by atoms with Crippen molar-refractivity contribution in [3.8, 4) is 12.3 Å². The Labute approximate surface area is 129 Å². The van der Waals surface area contributed by atoms with Crippen LogP contribution in [0.4, 0.5) is 0 Å². The van der Waals surface area contributed by atoms with E-state index in [1.807, 2.05) is 59.9 Å². The zero-order valence-electron chi connectivity index (χ0n) is 12.1. The first-order valence-electron chi connectivity index (χ1n) is 7.23. The molecule has 108 valence electrons. The maximum Gasteiger partial charge on any atom is 0.226 e. The molecule has 22 heavy (non-hydrogen) atoms. The molecular weight excluding hydrogens is 272 g/mol. The number of Topliss-reactive ketones (excluding diaryl/α,β-unsaturated/α-hetero) is 1. The van der Waals surface area contributed by atoms with Gasteiger partial charge in [0.15, 0.2) is 6.04 Å². The highest BCUT2D eigenvalue weighted by Crippen LogP contribution is 2.22. The van der Waals surface area contributed by atoms with Crippen molar-refractivity contribution in [3.05, 3.63) is 71.9 Å². The quantitative estimate of drug-likeness (QED) is 0.549. The van der Waals surface area contributed by atoms with Crippen LogP contribution in [0, 0.1) is 12.3 Å². The molecule has 0 spiro atoms. The number of hydrogen-bond donors (Lipinski definition) is 2. The third kappa shape index (κ3) is 2.65. The van der Waals surface area contributed by atoms with Crippen LogP contribution in [-0.4, -0.2) is 17.3 Å². The SMILES string of the molecule is C#CC[NH2+][C@@H](C(=O)c1c[nH]c2ccccc12)c1ccccc1. The Bertz CT molecular complexity index is 827. The fraction of sp³-hybridized carbons (Fsp3) is 0.105. The number of nitrogens with two attached hydrogens (primary N) is 1. The molecule has 0 amide bonds. The highest BCUT2D eigenvalue weighted by molar-refractivity contribution is 6.09. The first-order valence-corrected chi connectivity index (χ1v) is 7.23. The number of H-pyrrole nitrogens is 1. The summed E-state index contributed by atoms with van der Waals surface area (Å²) in [6.45, 7) is 0.466. The standard InChI is InChI=1S/C19H16N2O/c1-2-12-20-18(14-8-4-3-5-9-14)19(22)16-13-21-17-11-7-6-10-15(16)17/h1,3-11,13,18,20-21H,12H2/p+1/t18-/m1/s1. The molecule has 3 nitrogen and oxygen atoms in total. The summed E-state index contributed by atoms with van der Waals surface area (Å²) in [5, 5.41) is 2.85. The van der Waals surface area contributed by atoms with Gasteiger partial charge in [0.2, 0.25) is 5.78 Å². The summed E-state index contributed by atoms with van der Waals surface area (Å²) in [5.41, 5.74) is 2.64. The number of carbonyl (C=O) groups excluding carboxylic acids is 1. The fourth-order valence-corrected chi connectivity index (χ4v) is 2.68. The molecule has 3 N–H and O–H groups in total. The van der Waals surface area contributed by atoms with Gasteiger partial charge in [-0.05, 0) is 12.0 Å². The predicted molar refractivity (Wildman–Crippen MR) is 87.4 cm³/mol. The molecule has 1 atom stereocenters. The highest BCUT2D eigenvalue weighted by atomic mass is 16.1. The normalized spacial score (nSPS) is 12.0. The molecule has 0 aliphatic rings. The van der Waals surface area contributed by atoms with Crippen molar-refractivity contribution < 1.29 is 10.1 Å². The van der Waals surface area contributed by atoms with Crippen LogP contribution in [0.15, 0.2) is 60.8 Å². The van der Waals surface area contributed by atoms with Crippen LogP contribution in [0.5, 0.6) is 0 Å². The Hall–Kier alpha value is -2.83. The lowest BCUT2D eigenvalue weighted by atomic mass is 9.97. The van der Waals surface area contributed by atoms with E-state index in [-0.39, 0.29) is 11.8 Å². The average molecular weight is 289 g/mol. The Morgan fingerprint density at radius 1 is 1.14 bits per heavy atom. The molecule has 3 heteroatoms. The van der Waals surface area contributed by atoms with Crippen molar-refractivity contribution in [3.63, 3.8) is 0 Å². The number of para-hydroxylation sites is 1. The van der Waals surface area contributed by atoms with Crippen LogP contribution >= 0.6 is 0 Å². The third-order valence-electron chi connectivity index (χ3n) is 3.77. The zero-order valence-corrected chi connectivity index (χ0v) is 12.1. The summed E-state index contributed by atoms with van der Waals surface area (Å²) in [5.74, 6) is 2.66. The molecule has 3 rings (SSSR count). The van der Waals surface area contributed by atoms with E-state index in [2.05, 4.69) is 10.9 Å². The molecule has 0 radical (unpaired) electrons. The number of rotatable bonds is 5. The maximum atomic E-state index is 13.0. The van der Waals surface area contributed by atoms with Gasteiger partial charge in [-0.1, -0.05) is 48.5 Å². The summed E-state index contributed by atoms with van der Waals surface area (Å²) in [4.78, 5) is 16.2. The second-order valence-corrected chi connectivity index (χ2v) is 5.14. The van der Waals surface area contributed by atoms with E-state index < -0.39 is 0 Å². The molecule has 0 aliphatic heterocycles. The van der Waals surface area contributed by atoms with Crippen molar-refractivity contribution in [2.75, 3.05) is 6.54 Å². The summed E-state index contributed by atoms with van der Waals surface area (Å²) in [6, 6.07) is 17.2. The van der Waals surface area contributed by atoms with Gasteiger partial charge < -0.3 is 10.3 Å². The van der Waals surface area contributed by atoms with Crippen LogP contribution in [0.25, 0.3) is 10.9 Å². The number of fused-ring (bicyclic) bond motifs is 1. The number of aromatic nitrogens is 1. The third-order valence-corrected chi connectivity index (χ3v) is 3.77. The van der Waals surface area contributed by atoms with Gasteiger partial charge in [0.05, 0.1) is 0 Å². The summed E-state index contributed by atoms with van der Waals surface area (Å²) in [7, 11) is 0. The lowest BCUT2D eigenvalue weighted by Gasteiger charge is -2.13. The molecule has 0 aliphatic carbocycles. The van der Waals surface area contributed by atoms with Gasteiger partial charge in [0, 0.05) is 28.2 Å². The Morgan fingerprint density at radius 3 is 2.64 bits per heavy atom. The maximum absolute atomic E-state index is 13.0. The van der Waals surface area contributed by atoms with E-state index in [1.54, 1.807) is 6.20 Å². The van der Waals surface area contributed by atoms with Gasteiger partial charge in [-0.25, -0.2) is 0 Å². The van der Waals surface area contributed by atoms with Gasteiger partial charge in [0.1, 0.15) is 6.54 Å². The number of ketones is 1. The number of quaternary nitrogens is 1. The minimum atomic E-state index is -0.323. The van der Waals surface area contributed by atoms with E-state index in [0.717, 1.165) is 16.5 Å². The monoisotopic (exact) mass is 289 g/mol. The van der Waals surface area contributed by atoms with Crippen molar-refractivity contribution in [2.45, 2.75) is 6.04 Å². The van der Waals surface area contributed by atoms with Crippen molar-refractivity contribution in [1.82, 2.24) is 4.98 Å². The van der Waals surface area contributed by atoms with E-state index in [9.17, 15) is 4.79 Å². The summed E-state index contributed by atoms with van der Waals surface area (Å²) < 4.78 is 0. The van der Waals surface area contributed by atoms with Crippen LogP contribution in [0.1, 0.15) is 22.0 Å². The van der Waals surface area contributed by atoms with Gasteiger partial charge in [0.25, 0.3) is 0 Å². The largest absolute Gasteiger partial charge is 0.360 e.